The van der Waals surface area contributed by atoms with Gasteiger partial charge in [0.1, 0.15) is 12.7 Å². The molecule has 0 aromatic heterocycles. The minimum atomic E-state index is -1.30. The number of rotatable bonds is 7. The maximum Gasteiger partial charge on any atom is 0.303 e. The van der Waals surface area contributed by atoms with E-state index in [1.54, 1.807) is 0 Å². The van der Waals surface area contributed by atoms with E-state index in [-0.39, 0.29) is 6.61 Å². The van der Waals surface area contributed by atoms with Gasteiger partial charge in [0, 0.05) is 27.7 Å². The van der Waals surface area contributed by atoms with Crippen molar-refractivity contribution in [2.75, 3.05) is 6.61 Å². The smallest absolute Gasteiger partial charge is 0.303 e. The lowest BCUT2D eigenvalue weighted by Gasteiger charge is -2.44. The van der Waals surface area contributed by atoms with Gasteiger partial charge in [-0.1, -0.05) is 0 Å². The Balaban J connectivity index is 3.24. The third-order valence-corrected chi connectivity index (χ3v) is 3.22. The minimum absolute atomic E-state index is 0.293. The molecule has 26 heavy (non-hydrogen) atoms. The second-order valence-electron chi connectivity index (χ2n) is 5.40. The standard InChI is InChI=1S/C15H21NO10/c1-7(18)22-5-11-12(23-8(2)19)13(24-9(3)20)14(25-10(4)21)15(26-11)16-6-17/h6,11-15H,5H2,1-4H3,(H,16,17)/t11?,12-,13?,14?,15-/m1/s1. The van der Waals surface area contributed by atoms with Crippen LogP contribution in [0, 0.1) is 0 Å². The lowest BCUT2D eigenvalue weighted by atomic mass is 9.97. The topological polar surface area (TPSA) is 144 Å². The van der Waals surface area contributed by atoms with Gasteiger partial charge in [-0.25, -0.2) is 0 Å². The van der Waals surface area contributed by atoms with Crippen LogP contribution in [0.1, 0.15) is 27.7 Å². The van der Waals surface area contributed by atoms with Crippen molar-refractivity contribution in [3.05, 3.63) is 0 Å². The predicted molar refractivity (Wildman–Crippen MR) is 81.2 cm³/mol. The van der Waals surface area contributed by atoms with Crippen LogP contribution >= 0.6 is 0 Å². The van der Waals surface area contributed by atoms with E-state index in [0.717, 1.165) is 27.7 Å². The number of hydrogen-bond donors (Lipinski definition) is 1. The van der Waals surface area contributed by atoms with Crippen LogP contribution in [0.2, 0.25) is 0 Å². The highest BCUT2D eigenvalue weighted by molar-refractivity contribution is 5.68. The van der Waals surface area contributed by atoms with Crippen molar-refractivity contribution in [1.82, 2.24) is 5.32 Å². The number of carbonyl (C=O) groups is 5. The Morgan fingerprint density at radius 3 is 1.81 bits per heavy atom. The van der Waals surface area contributed by atoms with Crippen molar-refractivity contribution >= 4 is 30.3 Å². The third-order valence-electron chi connectivity index (χ3n) is 3.22. The lowest BCUT2D eigenvalue weighted by Crippen LogP contribution is -2.65. The number of esters is 4. The van der Waals surface area contributed by atoms with E-state index >= 15 is 0 Å². The van der Waals surface area contributed by atoms with Crippen LogP contribution < -0.4 is 5.32 Å². The Morgan fingerprint density at radius 2 is 1.35 bits per heavy atom. The molecule has 1 aliphatic heterocycles. The average Bonchev–Trinajstić information content (AvgIpc) is 2.50. The molecule has 11 nitrogen and oxygen atoms in total. The summed E-state index contributed by atoms with van der Waals surface area (Å²) in [7, 11) is 0. The summed E-state index contributed by atoms with van der Waals surface area (Å²) in [5.74, 6) is -2.84. The highest BCUT2D eigenvalue weighted by atomic mass is 16.7. The SMILES string of the molecule is CC(=O)OCC1O[C@@H](NC=O)C(OC(C)=O)C(OC(C)=O)[C@@H]1OC(C)=O. The number of amides is 1. The summed E-state index contributed by atoms with van der Waals surface area (Å²) in [4.78, 5) is 56.3. The van der Waals surface area contributed by atoms with Crippen LogP contribution in [0.3, 0.4) is 0 Å². The molecule has 1 N–H and O–H groups in total. The Kier molecular flexibility index (Phi) is 7.97. The Hall–Kier alpha value is -2.69. The Morgan fingerprint density at radius 1 is 0.846 bits per heavy atom. The molecule has 1 rings (SSSR count). The lowest BCUT2D eigenvalue weighted by molar-refractivity contribution is -0.256. The first-order valence-corrected chi connectivity index (χ1v) is 7.65. The fourth-order valence-electron chi connectivity index (χ4n) is 2.43. The predicted octanol–water partition coefficient (Wildman–Crippen LogP) is -1.18. The fraction of sp³-hybridized carbons (Fsp3) is 0.667. The molecule has 0 radical (unpaired) electrons. The summed E-state index contributed by atoms with van der Waals surface area (Å²) in [5.41, 5.74) is 0. The van der Waals surface area contributed by atoms with E-state index < -0.39 is 54.5 Å². The molecule has 3 unspecified atom stereocenters. The summed E-state index contributed by atoms with van der Waals surface area (Å²) < 4.78 is 25.8. The van der Waals surface area contributed by atoms with E-state index in [2.05, 4.69) is 5.32 Å². The molecular weight excluding hydrogens is 354 g/mol. The monoisotopic (exact) mass is 375 g/mol. The van der Waals surface area contributed by atoms with Crippen LogP contribution in [-0.2, 0) is 47.7 Å². The highest BCUT2D eigenvalue weighted by Gasteiger charge is 2.52. The number of hydrogen-bond acceptors (Lipinski definition) is 10. The molecule has 11 heteroatoms. The second-order valence-corrected chi connectivity index (χ2v) is 5.40. The van der Waals surface area contributed by atoms with Crippen molar-refractivity contribution in [3.63, 3.8) is 0 Å². The summed E-state index contributed by atoms with van der Waals surface area (Å²) in [6, 6.07) is 0. The van der Waals surface area contributed by atoms with E-state index in [4.69, 9.17) is 23.7 Å². The molecule has 5 atom stereocenters. The van der Waals surface area contributed by atoms with Gasteiger partial charge in [-0.2, -0.15) is 0 Å². The molecule has 1 saturated heterocycles. The van der Waals surface area contributed by atoms with Crippen LogP contribution in [0.15, 0.2) is 0 Å². The molecule has 0 spiro atoms. The molecule has 0 aromatic rings. The summed E-state index contributed by atoms with van der Waals surface area (Å²) in [5, 5.41) is 2.28. The molecule has 0 aromatic carbocycles. The van der Waals surface area contributed by atoms with Gasteiger partial charge in [-0.15, -0.1) is 0 Å². The van der Waals surface area contributed by atoms with Gasteiger partial charge in [-0.05, 0) is 0 Å². The van der Waals surface area contributed by atoms with Gasteiger partial charge < -0.3 is 29.0 Å². The fourth-order valence-corrected chi connectivity index (χ4v) is 2.43. The zero-order valence-electron chi connectivity index (χ0n) is 14.8. The number of nitrogens with one attached hydrogen (secondary N) is 1. The van der Waals surface area contributed by atoms with Gasteiger partial charge in [0.05, 0.1) is 0 Å². The molecule has 1 fully saturated rings. The molecular formula is C15H21NO10. The quantitative estimate of drug-likeness (QED) is 0.328. The first-order chi connectivity index (χ1) is 12.1. The van der Waals surface area contributed by atoms with Gasteiger partial charge >= 0.3 is 23.9 Å². The van der Waals surface area contributed by atoms with Crippen molar-refractivity contribution < 1.29 is 47.7 Å². The summed E-state index contributed by atoms with van der Waals surface area (Å²) >= 11 is 0. The largest absolute Gasteiger partial charge is 0.463 e. The molecule has 0 aliphatic carbocycles. The molecule has 0 saturated carbocycles. The first kappa shape index (κ1) is 21.4. The Bertz CT molecular complexity index is 563. The van der Waals surface area contributed by atoms with Gasteiger partial charge in [0.2, 0.25) is 6.41 Å². The van der Waals surface area contributed by atoms with E-state index in [0.29, 0.717) is 6.41 Å². The van der Waals surface area contributed by atoms with Gasteiger partial charge in [-0.3, -0.25) is 24.0 Å². The zero-order chi connectivity index (χ0) is 19.9. The van der Waals surface area contributed by atoms with Crippen LogP contribution in [-0.4, -0.2) is 67.5 Å². The summed E-state index contributed by atoms with van der Waals surface area (Å²) in [6.45, 7) is 4.14. The normalized spacial score (nSPS) is 27.6. The first-order valence-electron chi connectivity index (χ1n) is 7.65. The minimum Gasteiger partial charge on any atom is -0.463 e. The molecule has 1 heterocycles. The Labute approximate surface area is 149 Å². The second kappa shape index (κ2) is 9.70. The molecule has 0 bridgehead atoms. The highest BCUT2D eigenvalue weighted by Crippen LogP contribution is 2.28. The number of carbonyl (C=O) groups excluding carboxylic acids is 5. The van der Waals surface area contributed by atoms with E-state index in [1.165, 1.54) is 0 Å². The zero-order valence-corrected chi connectivity index (χ0v) is 14.8. The molecule has 1 aliphatic rings. The maximum absolute atomic E-state index is 11.5. The maximum atomic E-state index is 11.5. The van der Waals surface area contributed by atoms with Crippen LogP contribution in [0.25, 0.3) is 0 Å². The van der Waals surface area contributed by atoms with E-state index in [1.807, 2.05) is 0 Å². The van der Waals surface area contributed by atoms with Crippen molar-refractivity contribution in [3.8, 4) is 0 Å². The van der Waals surface area contributed by atoms with Crippen LogP contribution in [0.4, 0.5) is 0 Å². The molecule has 146 valence electrons. The van der Waals surface area contributed by atoms with Crippen molar-refractivity contribution in [2.45, 2.75) is 58.3 Å². The van der Waals surface area contributed by atoms with Gasteiger partial charge in [0.25, 0.3) is 0 Å². The molecule has 1 amide bonds. The van der Waals surface area contributed by atoms with E-state index in [9.17, 15) is 24.0 Å². The average molecular weight is 375 g/mol. The summed E-state index contributed by atoms with van der Waals surface area (Å²) in [6.07, 6.45) is -5.86. The third kappa shape index (κ3) is 6.31. The van der Waals surface area contributed by atoms with Crippen molar-refractivity contribution in [2.24, 2.45) is 0 Å². The van der Waals surface area contributed by atoms with Crippen LogP contribution in [0.5, 0.6) is 0 Å². The van der Waals surface area contributed by atoms with Gasteiger partial charge in [0.15, 0.2) is 24.5 Å². The van der Waals surface area contributed by atoms with Crippen molar-refractivity contribution in [1.29, 1.82) is 0 Å². The number of ether oxygens (including phenoxy) is 5.